The first-order valence-electron chi connectivity index (χ1n) is 12.7. The van der Waals surface area contributed by atoms with Crippen molar-refractivity contribution in [2.45, 2.75) is 62.2 Å². The Morgan fingerprint density at radius 3 is 2.20 bits per heavy atom. The molecule has 14 heteroatoms. The van der Waals surface area contributed by atoms with Crippen LogP contribution in [-0.2, 0) is 9.47 Å². The quantitative estimate of drug-likeness (QED) is 0.191. The van der Waals surface area contributed by atoms with Crippen LogP contribution in [0.15, 0.2) is 45.6 Å². The highest BCUT2D eigenvalue weighted by Gasteiger charge is 2.44. The number of hydrogen-bond donors (Lipinski definition) is 7. The molecule has 2 aromatic carbocycles. The summed E-state index contributed by atoms with van der Waals surface area (Å²) >= 11 is 0. The number of ether oxygens (including phenoxy) is 5. The molecule has 0 bridgehead atoms. The van der Waals surface area contributed by atoms with E-state index in [0.717, 1.165) is 6.07 Å². The molecule has 0 amide bonds. The van der Waals surface area contributed by atoms with Crippen LogP contribution in [0.1, 0.15) is 6.92 Å². The number of fused-ring (bicyclic) bond motifs is 1. The zero-order chi connectivity index (χ0) is 29.6. The highest BCUT2D eigenvalue weighted by atomic mass is 16.7. The Balaban J connectivity index is 1.59. The molecule has 2 saturated heterocycles. The highest BCUT2D eigenvalue weighted by Crippen LogP contribution is 2.38. The predicted molar refractivity (Wildman–Crippen MR) is 138 cm³/mol. The first kappa shape index (κ1) is 29.0. The molecule has 222 valence electrons. The number of benzene rings is 2. The lowest BCUT2D eigenvalue weighted by atomic mass is 10.00. The largest absolute Gasteiger partial charge is 0.507 e. The van der Waals surface area contributed by atoms with Gasteiger partial charge in [-0.25, -0.2) is 0 Å². The minimum Gasteiger partial charge on any atom is -0.507 e. The van der Waals surface area contributed by atoms with Gasteiger partial charge < -0.3 is 63.8 Å². The Labute approximate surface area is 232 Å². The van der Waals surface area contributed by atoms with E-state index in [4.69, 9.17) is 28.1 Å². The van der Waals surface area contributed by atoms with Gasteiger partial charge in [0.05, 0.1) is 19.8 Å². The van der Waals surface area contributed by atoms with Gasteiger partial charge in [0.15, 0.2) is 5.76 Å². The molecule has 9 atom stereocenters. The third-order valence-corrected chi connectivity index (χ3v) is 7.01. The third-order valence-electron chi connectivity index (χ3n) is 7.01. The number of rotatable bonds is 6. The summed E-state index contributed by atoms with van der Waals surface area (Å²) in [5.41, 5.74) is -0.701. The molecule has 3 aromatic rings. The van der Waals surface area contributed by atoms with Crippen LogP contribution in [0.5, 0.6) is 23.0 Å². The van der Waals surface area contributed by atoms with Gasteiger partial charge >= 0.3 is 0 Å². The monoisotopic (exact) mass is 578 g/mol. The Morgan fingerprint density at radius 1 is 0.829 bits per heavy atom. The molecule has 5 rings (SSSR count). The van der Waals surface area contributed by atoms with Crippen LogP contribution in [0.3, 0.4) is 0 Å². The lowest BCUT2D eigenvalue weighted by Gasteiger charge is -2.38. The van der Waals surface area contributed by atoms with Gasteiger partial charge in [-0.05, 0) is 31.2 Å². The van der Waals surface area contributed by atoms with Crippen molar-refractivity contribution >= 4 is 11.0 Å². The number of hydrogen-bond acceptors (Lipinski definition) is 14. The highest BCUT2D eigenvalue weighted by molar-refractivity contribution is 5.88. The van der Waals surface area contributed by atoms with Crippen LogP contribution in [0.25, 0.3) is 22.3 Å². The number of aliphatic hydroxyl groups is 6. The molecule has 41 heavy (non-hydrogen) atoms. The fourth-order valence-electron chi connectivity index (χ4n) is 4.61. The lowest BCUT2D eigenvalue weighted by Crippen LogP contribution is -2.58. The maximum absolute atomic E-state index is 13.7. The molecule has 0 spiro atoms. The molecule has 0 saturated carbocycles. The zero-order valence-corrected chi connectivity index (χ0v) is 21.9. The van der Waals surface area contributed by atoms with Crippen LogP contribution < -0.4 is 19.6 Å². The molecule has 7 N–H and O–H groups in total. The summed E-state index contributed by atoms with van der Waals surface area (Å²) in [4.78, 5) is 13.7. The molecule has 2 aliphatic rings. The SMILES string of the molecule is COc1ccc(-c2oc3cc(O[C@@H]4OC[C@@H](O)[C@H](O)[C@H]4O)cc(O)c3c(=O)c2O[C@H]2O[C@H](C)[C@@H](O)[C@H](O)[C@@H]2O)cc1. The van der Waals surface area contributed by atoms with Crippen LogP contribution >= 0.6 is 0 Å². The fraction of sp³-hybridized carbons (Fsp3) is 0.444. The minimum atomic E-state index is -1.74. The topological polar surface area (TPSA) is 218 Å². The fourth-order valence-corrected chi connectivity index (χ4v) is 4.61. The van der Waals surface area contributed by atoms with E-state index in [1.807, 2.05) is 0 Å². The summed E-state index contributed by atoms with van der Waals surface area (Å²) in [5, 5.41) is 71.0. The van der Waals surface area contributed by atoms with Crippen molar-refractivity contribution in [1.29, 1.82) is 0 Å². The number of phenolic OH excluding ortho intramolecular Hbond substituents is 1. The van der Waals surface area contributed by atoms with Gasteiger partial charge in [0.25, 0.3) is 0 Å². The van der Waals surface area contributed by atoms with Crippen molar-refractivity contribution in [1.82, 2.24) is 0 Å². The van der Waals surface area contributed by atoms with Crippen LogP contribution in [-0.4, -0.2) is 105 Å². The lowest BCUT2D eigenvalue weighted by molar-refractivity contribution is -0.268. The van der Waals surface area contributed by atoms with Crippen molar-refractivity contribution in [2.75, 3.05) is 13.7 Å². The summed E-state index contributed by atoms with van der Waals surface area (Å²) in [7, 11) is 1.47. The molecular formula is C27H30O14. The summed E-state index contributed by atoms with van der Waals surface area (Å²) in [5.74, 6) is -0.801. The average molecular weight is 579 g/mol. The van der Waals surface area contributed by atoms with Gasteiger partial charge in [-0.15, -0.1) is 0 Å². The molecule has 0 unspecified atom stereocenters. The summed E-state index contributed by atoms with van der Waals surface area (Å²) in [6.45, 7) is 1.13. The third kappa shape index (κ3) is 5.43. The smallest absolute Gasteiger partial charge is 0.239 e. The molecule has 0 radical (unpaired) electrons. The zero-order valence-electron chi connectivity index (χ0n) is 21.9. The van der Waals surface area contributed by atoms with Crippen LogP contribution in [0.2, 0.25) is 0 Å². The Kier molecular flexibility index (Phi) is 8.09. The number of phenols is 1. The maximum Gasteiger partial charge on any atom is 0.239 e. The Bertz CT molecular complexity index is 1440. The first-order chi connectivity index (χ1) is 19.5. The van der Waals surface area contributed by atoms with Gasteiger partial charge in [0.2, 0.25) is 23.8 Å². The standard InChI is InChI=1S/C27H30O14/c1-10-18(30)21(33)23(35)27(38-10)41-25-20(32)17-14(28)7-13(39-26-22(34)19(31)15(29)9-37-26)8-16(17)40-24(25)11-3-5-12(36-2)6-4-11/h3-8,10,15,18-19,21-23,26-31,33-35H,9H2,1-2H3/t10-,15-,18-,19+,21+,22-,23+,26+,27-/m1/s1. The van der Waals surface area contributed by atoms with Gasteiger partial charge in [0.1, 0.15) is 64.8 Å². The average Bonchev–Trinajstić information content (AvgIpc) is 2.96. The first-order valence-corrected chi connectivity index (χ1v) is 12.7. The summed E-state index contributed by atoms with van der Waals surface area (Å²) in [6, 6.07) is 8.61. The number of aliphatic hydroxyl groups excluding tert-OH is 6. The summed E-state index contributed by atoms with van der Waals surface area (Å²) < 4.78 is 33.3. The number of aromatic hydroxyl groups is 1. The van der Waals surface area contributed by atoms with E-state index in [9.17, 15) is 40.5 Å². The van der Waals surface area contributed by atoms with Gasteiger partial charge in [-0.1, -0.05) is 0 Å². The molecule has 2 aliphatic heterocycles. The van der Waals surface area contributed by atoms with Crippen molar-refractivity contribution in [3.63, 3.8) is 0 Å². The van der Waals surface area contributed by atoms with E-state index in [0.29, 0.717) is 11.3 Å². The molecule has 3 heterocycles. The second-order valence-corrected chi connectivity index (χ2v) is 9.80. The molecular weight excluding hydrogens is 548 g/mol. The Morgan fingerprint density at radius 2 is 1.51 bits per heavy atom. The number of methoxy groups -OCH3 is 1. The van der Waals surface area contributed by atoms with Gasteiger partial charge in [0, 0.05) is 17.7 Å². The minimum absolute atomic E-state index is 0.0999. The molecule has 0 aliphatic carbocycles. The van der Waals surface area contributed by atoms with Crippen molar-refractivity contribution in [3.8, 4) is 34.3 Å². The summed E-state index contributed by atoms with van der Waals surface area (Å²) in [6.07, 6.45) is -13.2. The molecule has 14 nitrogen and oxygen atoms in total. The Hall–Kier alpha value is -3.47. The van der Waals surface area contributed by atoms with Gasteiger partial charge in [-0.2, -0.15) is 0 Å². The predicted octanol–water partition coefficient (Wildman–Crippen LogP) is -0.802. The van der Waals surface area contributed by atoms with Crippen molar-refractivity contribution in [3.05, 3.63) is 46.6 Å². The van der Waals surface area contributed by atoms with Crippen molar-refractivity contribution in [2.24, 2.45) is 0 Å². The van der Waals surface area contributed by atoms with Crippen LogP contribution in [0, 0.1) is 0 Å². The molecule has 1 aromatic heterocycles. The maximum atomic E-state index is 13.7. The normalized spacial score (nSPS) is 32.0. The van der Waals surface area contributed by atoms with E-state index >= 15 is 0 Å². The van der Waals surface area contributed by atoms with Crippen LogP contribution in [0.4, 0.5) is 0 Å². The van der Waals surface area contributed by atoms with E-state index in [-0.39, 0.29) is 29.1 Å². The second-order valence-electron chi connectivity index (χ2n) is 9.80. The van der Waals surface area contributed by atoms with Gasteiger partial charge in [-0.3, -0.25) is 4.79 Å². The van der Waals surface area contributed by atoms with E-state index in [1.54, 1.807) is 24.3 Å². The molecule has 2 fully saturated rings. The van der Waals surface area contributed by atoms with E-state index in [2.05, 4.69) is 0 Å². The van der Waals surface area contributed by atoms with E-state index in [1.165, 1.54) is 20.1 Å². The van der Waals surface area contributed by atoms with Crippen molar-refractivity contribution < 1.29 is 63.8 Å². The van der Waals surface area contributed by atoms with E-state index < -0.39 is 72.2 Å². The second kappa shape index (κ2) is 11.4.